The highest BCUT2D eigenvalue weighted by Crippen LogP contribution is 2.17. The van der Waals surface area contributed by atoms with E-state index >= 15 is 0 Å². The van der Waals surface area contributed by atoms with Gasteiger partial charge in [0, 0.05) is 0 Å². The minimum absolute atomic E-state index is 0.262. The van der Waals surface area contributed by atoms with Crippen LogP contribution >= 0.6 is 0 Å². The van der Waals surface area contributed by atoms with Crippen molar-refractivity contribution in [2.45, 2.75) is 40.2 Å². The van der Waals surface area contributed by atoms with Crippen molar-refractivity contribution in [1.29, 1.82) is 0 Å². The highest BCUT2D eigenvalue weighted by Gasteiger charge is 2.33. The molecule has 1 atom stereocenters. The maximum absolute atomic E-state index is 11.4. The lowest BCUT2D eigenvalue weighted by molar-refractivity contribution is -0.168. The van der Waals surface area contributed by atoms with Crippen LogP contribution in [0.1, 0.15) is 34.6 Å². The monoisotopic (exact) mass is 202 g/mol. The van der Waals surface area contributed by atoms with Crippen molar-refractivity contribution in [2.24, 2.45) is 11.8 Å². The summed E-state index contributed by atoms with van der Waals surface area (Å²) in [4.78, 5) is 22.2. The molecule has 0 aliphatic heterocycles. The summed E-state index contributed by atoms with van der Waals surface area (Å²) < 4.78 is 5.00. The highest BCUT2D eigenvalue weighted by molar-refractivity contribution is 5.94. The van der Waals surface area contributed by atoms with Gasteiger partial charge in [-0.05, 0) is 26.7 Å². The van der Waals surface area contributed by atoms with Crippen molar-refractivity contribution in [3.05, 3.63) is 0 Å². The minimum atomic E-state index is -1.13. The number of carboxylic acid groups (broad SMARTS) is 1. The number of carbonyl (C=O) groups excluding carboxylic acids is 1. The molecule has 4 nitrogen and oxygen atoms in total. The van der Waals surface area contributed by atoms with Gasteiger partial charge in [-0.15, -0.1) is 0 Å². The van der Waals surface area contributed by atoms with E-state index in [0.717, 1.165) is 0 Å². The first-order valence-corrected chi connectivity index (χ1v) is 4.61. The maximum atomic E-state index is 11.4. The molecular weight excluding hydrogens is 184 g/mol. The first-order chi connectivity index (χ1) is 6.15. The zero-order valence-corrected chi connectivity index (χ0v) is 9.33. The van der Waals surface area contributed by atoms with Crippen LogP contribution < -0.4 is 0 Å². The number of aliphatic carboxylic acids is 1. The fourth-order valence-corrected chi connectivity index (χ4v) is 1.02. The summed E-state index contributed by atoms with van der Waals surface area (Å²) in [7, 11) is 0. The molecule has 0 saturated heterocycles. The maximum Gasteiger partial charge on any atom is 0.321 e. The molecule has 0 radical (unpaired) electrons. The fourth-order valence-electron chi connectivity index (χ4n) is 1.02. The van der Waals surface area contributed by atoms with Crippen LogP contribution in [0, 0.1) is 11.8 Å². The van der Waals surface area contributed by atoms with Gasteiger partial charge in [0.1, 0.15) is 5.60 Å². The summed E-state index contributed by atoms with van der Waals surface area (Å²) in [5.74, 6) is -3.13. The Kier molecular flexibility index (Phi) is 4.10. The van der Waals surface area contributed by atoms with E-state index in [9.17, 15) is 9.59 Å². The van der Waals surface area contributed by atoms with Crippen molar-refractivity contribution in [1.82, 2.24) is 0 Å². The van der Waals surface area contributed by atoms with Crippen LogP contribution in [0.4, 0.5) is 0 Å². The van der Waals surface area contributed by atoms with Crippen LogP contribution in [0.15, 0.2) is 0 Å². The Hall–Kier alpha value is -1.06. The average molecular weight is 202 g/mol. The molecule has 0 rings (SSSR count). The smallest absolute Gasteiger partial charge is 0.321 e. The van der Waals surface area contributed by atoms with Gasteiger partial charge in [0.2, 0.25) is 0 Å². The SMILES string of the molecule is CC(C)C(C(=O)O)C(=O)OC(C)(C)C. The van der Waals surface area contributed by atoms with E-state index in [2.05, 4.69) is 0 Å². The molecule has 0 heterocycles. The zero-order chi connectivity index (χ0) is 11.5. The van der Waals surface area contributed by atoms with Crippen LogP contribution in [0.5, 0.6) is 0 Å². The minimum Gasteiger partial charge on any atom is -0.481 e. The first kappa shape index (κ1) is 12.9. The van der Waals surface area contributed by atoms with E-state index in [1.165, 1.54) is 0 Å². The van der Waals surface area contributed by atoms with Crippen molar-refractivity contribution < 1.29 is 19.4 Å². The van der Waals surface area contributed by atoms with Crippen molar-refractivity contribution in [3.8, 4) is 0 Å². The number of hydrogen-bond donors (Lipinski definition) is 1. The third kappa shape index (κ3) is 4.25. The molecule has 0 aliphatic rings. The van der Waals surface area contributed by atoms with Gasteiger partial charge in [-0.1, -0.05) is 13.8 Å². The molecule has 4 heteroatoms. The van der Waals surface area contributed by atoms with Gasteiger partial charge in [0.25, 0.3) is 0 Å². The zero-order valence-electron chi connectivity index (χ0n) is 9.33. The molecule has 0 amide bonds. The summed E-state index contributed by atoms with van der Waals surface area (Å²) in [6, 6.07) is 0. The molecule has 1 N–H and O–H groups in total. The van der Waals surface area contributed by atoms with Crippen LogP contribution in [0.25, 0.3) is 0 Å². The van der Waals surface area contributed by atoms with E-state index in [4.69, 9.17) is 9.84 Å². The van der Waals surface area contributed by atoms with Crippen LogP contribution in [-0.4, -0.2) is 22.6 Å². The predicted molar refractivity (Wildman–Crippen MR) is 51.8 cm³/mol. The Labute approximate surface area is 84.3 Å². The lowest BCUT2D eigenvalue weighted by Crippen LogP contribution is -2.35. The Morgan fingerprint density at radius 2 is 1.64 bits per heavy atom. The van der Waals surface area contributed by atoms with Gasteiger partial charge in [0.15, 0.2) is 5.92 Å². The van der Waals surface area contributed by atoms with E-state index < -0.39 is 23.5 Å². The lowest BCUT2D eigenvalue weighted by Gasteiger charge is -2.23. The van der Waals surface area contributed by atoms with Gasteiger partial charge in [-0.25, -0.2) is 0 Å². The normalized spacial score (nSPS) is 13.9. The van der Waals surface area contributed by atoms with Gasteiger partial charge >= 0.3 is 11.9 Å². The molecule has 14 heavy (non-hydrogen) atoms. The Bertz CT molecular complexity index is 225. The second-order valence-corrected chi connectivity index (χ2v) is 4.59. The van der Waals surface area contributed by atoms with E-state index in [0.29, 0.717) is 0 Å². The summed E-state index contributed by atoms with van der Waals surface area (Å²) in [5.41, 5.74) is -0.639. The predicted octanol–water partition coefficient (Wildman–Crippen LogP) is 1.68. The number of ether oxygens (including phenoxy) is 1. The molecule has 0 spiro atoms. The Balaban J connectivity index is 4.55. The molecule has 0 saturated carbocycles. The van der Waals surface area contributed by atoms with Gasteiger partial charge in [-0.2, -0.15) is 0 Å². The number of esters is 1. The number of hydrogen-bond acceptors (Lipinski definition) is 3. The Morgan fingerprint density at radius 3 is 1.86 bits per heavy atom. The molecule has 0 fully saturated rings. The summed E-state index contributed by atoms with van der Waals surface area (Å²) >= 11 is 0. The van der Waals surface area contributed by atoms with Gasteiger partial charge < -0.3 is 9.84 Å². The second-order valence-electron chi connectivity index (χ2n) is 4.59. The van der Waals surface area contributed by atoms with Crippen LogP contribution in [0.2, 0.25) is 0 Å². The van der Waals surface area contributed by atoms with Gasteiger partial charge in [-0.3, -0.25) is 9.59 Å². The summed E-state index contributed by atoms with van der Waals surface area (Å²) in [6.07, 6.45) is 0. The molecule has 0 aromatic heterocycles. The quantitative estimate of drug-likeness (QED) is 0.558. The summed E-state index contributed by atoms with van der Waals surface area (Å²) in [6.45, 7) is 8.50. The van der Waals surface area contributed by atoms with E-state index in [-0.39, 0.29) is 5.92 Å². The topological polar surface area (TPSA) is 63.6 Å². The van der Waals surface area contributed by atoms with Crippen molar-refractivity contribution >= 4 is 11.9 Å². The molecule has 1 unspecified atom stereocenters. The molecule has 0 aromatic rings. The van der Waals surface area contributed by atoms with Gasteiger partial charge in [0.05, 0.1) is 0 Å². The number of carboxylic acids is 1. The highest BCUT2D eigenvalue weighted by atomic mass is 16.6. The largest absolute Gasteiger partial charge is 0.481 e. The fraction of sp³-hybridized carbons (Fsp3) is 0.800. The lowest BCUT2D eigenvalue weighted by atomic mass is 9.96. The number of rotatable bonds is 3. The molecule has 0 bridgehead atoms. The van der Waals surface area contributed by atoms with Crippen LogP contribution in [-0.2, 0) is 14.3 Å². The summed E-state index contributed by atoms with van der Waals surface area (Å²) in [5, 5.41) is 8.81. The molecule has 0 aliphatic carbocycles. The second kappa shape index (κ2) is 4.44. The van der Waals surface area contributed by atoms with Crippen LogP contribution in [0.3, 0.4) is 0 Å². The molecule has 0 aromatic carbocycles. The standard InChI is InChI=1S/C10H18O4/c1-6(2)7(8(11)12)9(13)14-10(3,4)5/h6-7H,1-5H3,(H,11,12). The third-order valence-corrected chi connectivity index (χ3v) is 1.59. The van der Waals surface area contributed by atoms with Crippen molar-refractivity contribution in [3.63, 3.8) is 0 Å². The average Bonchev–Trinajstić information content (AvgIpc) is 1.78. The van der Waals surface area contributed by atoms with E-state index in [1.807, 2.05) is 0 Å². The van der Waals surface area contributed by atoms with Crippen molar-refractivity contribution in [2.75, 3.05) is 0 Å². The molecular formula is C10H18O4. The third-order valence-electron chi connectivity index (χ3n) is 1.59. The first-order valence-electron chi connectivity index (χ1n) is 4.61. The Morgan fingerprint density at radius 1 is 1.21 bits per heavy atom. The van der Waals surface area contributed by atoms with E-state index in [1.54, 1.807) is 34.6 Å². The molecule has 82 valence electrons. The number of carbonyl (C=O) groups is 2.